The van der Waals surface area contributed by atoms with E-state index in [0.717, 1.165) is 26.7 Å². The first-order valence-corrected chi connectivity index (χ1v) is 6.86. The molecule has 0 amide bonds. The van der Waals surface area contributed by atoms with Crippen LogP contribution >= 0.6 is 27.5 Å². The van der Waals surface area contributed by atoms with Gasteiger partial charge in [0, 0.05) is 9.50 Å². The first kappa shape index (κ1) is 13.6. The number of aliphatic hydroxyl groups is 1. The van der Waals surface area contributed by atoms with Crippen molar-refractivity contribution in [1.82, 2.24) is 0 Å². The van der Waals surface area contributed by atoms with E-state index in [9.17, 15) is 5.11 Å². The maximum atomic E-state index is 10.4. The summed E-state index contributed by atoms with van der Waals surface area (Å²) in [7, 11) is 0. The second-order valence-electron chi connectivity index (χ2n) is 4.44. The van der Waals surface area contributed by atoms with Gasteiger partial charge in [0.15, 0.2) is 0 Å². The molecule has 0 saturated heterocycles. The first-order chi connectivity index (χ1) is 8.49. The van der Waals surface area contributed by atoms with Gasteiger partial charge < -0.3 is 5.11 Å². The maximum absolute atomic E-state index is 10.4. The highest BCUT2D eigenvalue weighted by atomic mass is 79.9. The Morgan fingerprint density at radius 2 is 1.83 bits per heavy atom. The zero-order valence-electron chi connectivity index (χ0n) is 10.2. The molecule has 2 aromatic rings. The summed E-state index contributed by atoms with van der Waals surface area (Å²) in [5.41, 5.74) is 3.81. The SMILES string of the molecule is Cc1ccc(C(O)c2ccc(C)c(Cl)c2)c(Br)c1. The Bertz CT molecular complexity index is 581. The first-order valence-electron chi connectivity index (χ1n) is 5.69. The van der Waals surface area contributed by atoms with Gasteiger partial charge in [-0.1, -0.05) is 51.8 Å². The minimum absolute atomic E-state index is 0.668. The molecule has 0 aliphatic rings. The molecule has 1 atom stereocenters. The second kappa shape index (κ2) is 5.43. The van der Waals surface area contributed by atoms with Crippen LogP contribution in [0.5, 0.6) is 0 Å². The molecule has 1 unspecified atom stereocenters. The van der Waals surface area contributed by atoms with Crippen LogP contribution < -0.4 is 0 Å². The quantitative estimate of drug-likeness (QED) is 0.841. The molecule has 0 aliphatic carbocycles. The predicted molar refractivity (Wildman–Crippen MR) is 79.1 cm³/mol. The van der Waals surface area contributed by atoms with Crippen molar-refractivity contribution in [3.8, 4) is 0 Å². The summed E-state index contributed by atoms with van der Waals surface area (Å²) in [4.78, 5) is 0. The van der Waals surface area contributed by atoms with Crippen molar-refractivity contribution >= 4 is 27.5 Å². The molecule has 0 aromatic heterocycles. The van der Waals surface area contributed by atoms with Gasteiger partial charge in [-0.15, -0.1) is 0 Å². The van der Waals surface area contributed by atoms with Crippen molar-refractivity contribution in [1.29, 1.82) is 0 Å². The van der Waals surface area contributed by atoms with Crippen LogP contribution in [0.15, 0.2) is 40.9 Å². The lowest BCUT2D eigenvalue weighted by molar-refractivity contribution is 0.219. The molecule has 0 aliphatic heterocycles. The number of aryl methyl sites for hydroxylation is 2. The van der Waals surface area contributed by atoms with Gasteiger partial charge in [-0.2, -0.15) is 0 Å². The zero-order chi connectivity index (χ0) is 13.3. The van der Waals surface area contributed by atoms with Gasteiger partial charge in [-0.05, 0) is 48.2 Å². The number of aliphatic hydroxyl groups excluding tert-OH is 1. The molecule has 2 rings (SSSR count). The summed E-state index contributed by atoms with van der Waals surface area (Å²) >= 11 is 9.57. The van der Waals surface area contributed by atoms with Gasteiger partial charge in [-0.25, -0.2) is 0 Å². The number of rotatable bonds is 2. The van der Waals surface area contributed by atoms with Gasteiger partial charge in [0.1, 0.15) is 6.10 Å². The Hall–Kier alpha value is -0.830. The molecule has 1 N–H and O–H groups in total. The van der Waals surface area contributed by atoms with E-state index < -0.39 is 6.10 Å². The number of hydrogen-bond donors (Lipinski definition) is 1. The smallest absolute Gasteiger partial charge is 0.105 e. The van der Waals surface area contributed by atoms with Crippen LogP contribution in [0.1, 0.15) is 28.4 Å². The molecule has 94 valence electrons. The highest BCUT2D eigenvalue weighted by Gasteiger charge is 2.14. The average molecular weight is 326 g/mol. The van der Waals surface area contributed by atoms with E-state index in [1.807, 2.05) is 50.2 Å². The number of benzene rings is 2. The topological polar surface area (TPSA) is 20.2 Å². The highest BCUT2D eigenvalue weighted by molar-refractivity contribution is 9.10. The summed E-state index contributed by atoms with van der Waals surface area (Å²) in [6, 6.07) is 11.5. The Labute approximate surface area is 121 Å². The van der Waals surface area contributed by atoms with E-state index in [1.54, 1.807) is 0 Å². The van der Waals surface area contributed by atoms with Gasteiger partial charge >= 0.3 is 0 Å². The Kier molecular flexibility index (Phi) is 4.10. The second-order valence-corrected chi connectivity index (χ2v) is 5.70. The van der Waals surface area contributed by atoms with E-state index in [2.05, 4.69) is 15.9 Å². The monoisotopic (exact) mass is 324 g/mol. The highest BCUT2D eigenvalue weighted by Crippen LogP contribution is 2.31. The minimum atomic E-state index is -0.668. The molecule has 0 bridgehead atoms. The zero-order valence-corrected chi connectivity index (χ0v) is 12.6. The van der Waals surface area contributed by atoms with Crippen molar-refractivity contribution < 1.29 is 5.11 Å². The van der Waals surface area contributed by atoms with Gasteiger partial charge in [-0.3, -0.25) is 0 Å². The van der Waals surface area contributed by atoms with Crippen molar-refractivity contribution in [2.24, 2.45) is 0 Å². The summed E-state index contributed by atoms with van der Waals surface area (Å²) in [6.07, 6.45) is -0.668. The van der Waals surface area contributed by atoms with Crippen LogP contribution in [0.25, 0.3) is 0 Å². The summed E-state index contributed by atoms with van der Waals surface area (Å²) < 4.78 is 0.909. The summed E-state index contributed by atoms with van der Waals surface area (Å²) in [6.45, 7) is 3.96. The van der Waals surface area contributed by atoms with Crippen LogP contribution in [0.4, 0.5) is 0 Å². The molecular weight excluding hydrogens is 312 g/mol. The lowest BCUT2D eigenvalue weighted by atomic mass is 10.00. The standard InChI is InChI=1S/C15H14BrClO/c1-9-3-6-12(13(16)7-9)15(18)11-5-4-10(2)14(17)8-11/h3-8,15,18H,1-2H3. The summed E-state index contributed by atoms with van der Waals surface area (Å²) in [5.74, 6) is 0. The molecule has 0 fully saturated rings. The minimum Gasteiger partial charge on any atom is -0.384 e. The third-order valence-corrected chi connectivity index (χ3v) is 4.06. The van der Waals surface area contributed by atoms with Crippen molar-refractivity contribution in [2.75, 3.05) is 0 Å². The molecule has 0 radical (unpaired) electrons. The molecule has 0 saturated carbocycles. The molecule has 2 aromatic carbocycles. The van der Waals surface area contributed by atoms with E-state index in [4.69, 9.17) is 11.6 Å². The normalized spacial score (nSPS) is 12.5. The van der Waals surface area contributed by atoms with Crippen LogP contribution in [-0.4, -0.2) is 5.11 Å². The average Bonchev–Trinajstić information content (AvgIpc) is 2.32. The van der Waals surface area contributed by atoms with Gasteiger partial charge in [0.2, 0.25) is 0 Å². The number of halogens is 2. The van der Waals surface area contributed by atoms with Crippen molar-refractivity contribution in [3.63, 3.8) is 0 Å². The molecular formula is C15H14BrClO. The van der Waals surface area contributed by atoms with Crippen LogP contribution in [-0.2, 0) is 0 Å². The predicted octanol–water partition coefficient (Wildman–Crippen LogP) is 4.80. The van der Waals surface area contributed by atoms with E-state index in [-0.39, 0.29) is 0 Å². The lowest BCUT2D eigenvalue weighted by Gasteiger charge is -2.14. The fourth-order valence-corrected chi connectivity index (χ4v) is 2.71. The fourth-order valence-electron chi connectivity index (χ4n) is 1.81. The van der Waals surface area contributed by atoms with Crippen LogP contribution in [0.2, 0.25) is 5.02 Å². The lowest BCUT2D eigenvalue weighted by Crippen LogP contribution is -2.01. The molecule has 3 heteroatoms. The molecule has 18 heavy (non-hydrogen) atoms. The van der Waals surface area contributed by atoms with E-state index >= 15 is 0 Å². The van der Waals surface area contributed by atoms with Crippen LogP contribution in [0.3, 0.4) is 0 Å². The van der Waals surface area contributed by atoms with Crippen LogP contribution in [0, 0.1) is 13.8 Å². The van der Waals surface area contributed by atoms with Crippen molar-refractivity contribution in [3.05, 3.63) is 68.1 Å². The maximum Gasteiger partial charge on any atom is 0.105 e. The Morgan fingerprint density at radius 3 is 2.44 bits per heavy atom. The largest absolute Gasteiger partial charge is 0.384 e. The van der Waals surface area contributed by atoms with E-state index in [1.165, 1.54) is 0 Å². The fraction of sp³-hybridized carbons (Fsp3) is 0.200. The molecule has 0 heterocycles. The summed E-state index contributed by atoms with van der Waals surface area (Å²) in [5, 5.41) is 11.1. The van der Waals surface area contributed by atoms with E-state index in [0.29, 0.717) is 5.02 Å². The molecule has 0 spiro atoms. The number of hydrogen-bond acceptors (Lipinski definition) is 1. The van der Waals surface area contributed by atoms with Gasteiger partial charge in [0.25, 0.3) is 0 Å². The third kappa shape index (κ3) is 2.77. The van der Waals surface area contributed by atoms with Gasteiger partial charge in [0.05, 0.1) is 0 Å². The Balaban J connectivity index is 2.41. The van der Waals surface area contributed by atoms with Crippen molar-refractivity contribution in [2.45, 2.75) is 20.0 Å². The third-order valence-electron chi connectivity index (χ3n) is 2.96. The Morgan fingerprint density at radius 1 is 1.11 bits per heavy atom. The molecule has 1 nitrogen and oxygen atoms in total.